The molecule has 2 N–H and O–H groups in total. The fourth-order valence-corrected chi connectivity index (χ4v) is 3.56. The van der Waals surface area contributed by atoms with Crippen LogP contribution in [0, 0.1) is 12.7 Å². The highest BCUT2D eigenvalue weighted by molar-refractivity contribution is 6.30. The lowest BCUT2D eigenvalue weighted by Gasteiger charge is -2.14. The minimum atomic E-state index is -4.75. The second-order valence-electron chi connectivity index (χ2n) is 7.80. The van der Waals surface area contributed by atoms with E-state index in [4.69, 9.17) is 16.4 Å². The van der Waals surface area contributed by atoms with Crippen molar-refractivity contribution >= 4 is 29.1 Å². The Morgan fingerprint density at radius 3 is 2.42 bits per heavy atom. The zero-order valence-corrected chi connectivity index (χ0v) is 19.0. The Kier molecular flexibility index (Phi) is 7.82. The summed E-state index contributed by atoms with van der Waals surface area (Å²) in [5.74, 6) is -2.81. The first-order valence-corrected chi connectivity index (χ1v) is 10.5. The maximum atomic E-state index is 14.4. The molecule has 0 aliphatic carbocycles. The number of oxime groups is 1. The maximum absolute atomic E-state index is 14.4. The summed E-state index contributed by atoms with van der Waals surface area (Å²) in [5.41, 5.74) is -0.318. The summed E-state index contributed by atoms with van der Waals surface area (Å²) >= 11 is 5.63. The molecular formula is C22H17ClF7N3O3. The fraction of sp³-hybridized carbons (Fsp3) is 0.318. The van der Waals surface area contributed by atoms with Crippen molar-refractivity contribution in [2.45, 2.75) is 31.8 Å². The van der Waals surface area contributed by atoms with Gasteiger partial charge in [-0.1, -0.05) is 22.8 Å². The zero-order chi connectivity index (χ0) is 26.8. The molecule has 2 aromatic rings. The Bertz CT molecular complexity index is 1210. The molecule has 14 heteroatoms. The lowest BCUT2D eigenvalue weighted by atomic mass is 9.96. The van der Waals surface area contributed by atoms with E-state index in [2.05, 4.69) is 10.5 Å². The predicted molar refractivity (Wildman–Crippen MR) is 114 cm³/mol. The molecule has 1 heterocycles. The quantitative estimate of drug-likeness (QED) is 0.503. The molecule has 1 unspecified atom stereocenters. The van der Waals surface area contributed by atoms with Crippen LogP contribution < -0.4 is 10.6 Å². The highest BCUT2D eigenvalue weighted by Gasteiger charge is 2.35. The van der Waals surface area contributed by atoms with Gasteiger partial charge >= 0.3 is 12.4 Å². The number of carbonyl (C=O) groups excluding carboxylic acids is 2. The number of nitrogens with one attached hydrogen (secondary N) is 2. The molecule has 3 rings (SSSR count). The van der Waals surface area contributed by atoms with E-state index in [-0.39, 0.29) is 17.7 Å². The van der Waals surface area contributed by atoms with Gasteiger partial charge in [-0.15, -0.1) is 0 Å². The predicted octanol–water partition coefficient (Wildman–Crippen LogP) is 5.08. The van der Waals surface area contributed by atoms with Gasteiger partial charge < -0.3 is 15.5 Å². The summed E-state index contributed by atoms with van der Waals surface area (Å²) in [6, 6.07) is 5.41. The number of aryl methyl sites for hydroxylation is 1. The molecule has 194 valence electrons. The third-order valence-corrected chi connectivity index (χ3v) is 5.37. The molecular weight excluding hydrogens is 523 g/mol. The molecule has 1 atom stereocenters. The van der Waals surface area contributed by atoms with E-state index in [0.29, 0.717) is 23.3 Å². The van der Waals surface area contributed by atoms with Crippen molar-refractivity contribution in [3.63, 3.8) is 0 Å². The van der Waals surface area contributed by atoms with Crippen molar-refractivity contribution in [1.82, 2.24) is 10.6 Å². The highest BCUT2D eigenvalue weighted by Crippen LogP contribution is 2.38. The van der Waals surface area contributed by atoms with E-state index >= 15 is 0 Å². The SMILES string of the molecule is Cc1cc(C2=NOC(c3cc(C(F)(F)F)cc(Cl)c3F)C2)ccc1C(=O)NCC(=O)NCC(F)(F)F. The van der Waals surface area contributed by atoms with Crippen LogP contribution in [0.25, 0.3) is 0 Å². The van der Waals surface area contributed by atoms with E-state index in [1.165, 1.54) is 18.2 Å². The van der Waals surface area contributed by atoms with Gasteiger partial charge in [-0.3, -0.25) is 9.59 Å². The number of alkyl halides is 6. The smallest absolute Gasteiger partial charge is 0.387 e. The third kappa shape index (κ3) is 6.65. The van der Waals surface area contributed by atoms with Crippen molar-refractivity contribution in [2.24, 2.45) is 5.16 Å². The van der Waals surface area contributed by atoms with Gasteiger partial charge in [0, 0.05) is 17.5 Å². The second-order valence-corrected chi connectivity index (χ2v) is 8.21. The molecule has 1 aliphatic rings. The normalized spacial score (nSPS) is 15.8. The summed E-state index contributed by atoms with van der Waals surface area (Å²) in [6.07, 6.45) is -10.6. The molecule has 0 radical (unpaired) electrons. The molecule has 0 fully saturated rings. The van der Waals surface area contributed by atoms with Gasteiger partial charge in [-0.25, -0.2) is 4.39 Å². The van der Waals surface area contributed by atoms with Crippen LogP contribution in [0.5, 0.6) is 0 Å². The summed E-state index contributed by atoms with van der Waals surface area (Å²) in [5, 5.41) is 6.93. The minimum absolute atomic E-state index is 0.0844. The van der Waals surface area contributed by atoms with Crippen LogP contribution in [0.4, 0.5) is 30.7 Å². The van der Waals surface area contributed by atoms with Crippen LogP contribution in [-0.4, -0.2) is 36.8 Å². The number of nitrogens with zero attached hydrogens (tertiary/aromatic N) is 1. The molecule has 0 bridgehead atoms. The number of amides is 2. The first-order valence-electron chi connectivity index (χ1n) is 10.2. The van der Waals surface area contributed by atoms with E-state index in [1.807, 2.05) is 0 Å². The zero-order valence-electron chi connectivity index (χ0n) is 18.3. The lowest BCUT2D eigenvalue weighted by molar-refractivity contribution is -0.137. The van der Waals surface area contributed by atoms with Gasteiger partial charge in [-0.2, -0.15) is 26.3 Å². The second kappa shape index (κ2) is 10.3. The topological polar surface area (TPSA) is 79.8 Å². The standard InChI is InChI=1S/C22H17ClF7N3O3/c1-10-4-11(2-3-13(10)20(35)31-8-18(34)32-9-21(25,26)27)16-7-17(36-33-16)14-5-12(22(28,29)30)6-15(23)19(14)24/h2-6,17H,7-9H2,1H3,(H,31,35)(H,32,34). The third-order valence-electron chi connectivity index (χ3n) is 5.10. The van der Waals surface area contributed by atoms with Crippen LogP contribution in [0.1, 0.15) is 45.1 Å². The molecule has 0 saturated carbocycles. The number of halogens is 8. The van der Waals surface area contributed by atoms with Crippen molar-refractivity contribution < 1.29 is 45.2 Å². The minimum Gasteiger partial charge on any atom is -0.387 e. The monoisotopic (exact) mass is 539 g/mol. The summed E-state index contributed by atoms with van der Waals surface area (Å²) in [7, 11) is 0. The van der Waals surface area contributed by atoms with E-state index in [9.17, 15) is 40.3 Å². The fourth-order valence-electron chi connectivity index (χ4n) is 3.34. The van der Waals surface area contributed by atoms with Crippen molar-refractivity contribution in [2.75, 3.05) is 13.1 Å². The summed E-state index contributed by atoms with van der Waals surface area (Å²) in [4.78, 5) is 28.9. The molecule has 6 nitrogen and oxygen atoms in total. The highest BCUT2D eigenvalue weighted by atomic mass is 35.5. The number of rotatable bonds is 6. The van der Waals surface area contributed by atoms with Crippen LogP contribution in [0.15, 0.2) is 35.5 Å². The van der Waals surface area contributed by atoms with Crippen molar-refractivity contribution in [3.8, 4) is 0 Å². The lowest BCUT2D eigenvalue weighted by Crippen LogP contribution is -2.41. The van der Waals surface area contributed by atoms with Crippen molar-refractivity contribution in [1.29, 1.82) is 0 Å². The average Bonchev–Trinajstić information content (AvgIpc) is 3.26. The van der Waals surface area contributed by atoms with Gasteiger partial charge in [0.1, 0.15) is 12.4 Å². The summed E-state index contributed by atoms with van der Waals surface area (Å²) < 4.78 is 90.1. The molecule has 0 spiro atoms. The Labute approximate surface area is 204 Å². The molecule has 1 aliphatic heterocycles. The Balaban J connectivity index is 1.67. The average molecular weight is 540 g/mol. The van der Waals surface area contributed by atoms with E-state index in [0.717, 1.165) is 0 Å². The number of benzene rings is 2. The maximum Gasteiger partial charge on any atom is 0.416 e. The van der Waals surface area contributed by atoms with Gasteiger partial charge in [0.25, 0.3) is 5.91 Å². The Morgan fingerprint density at radius 1 is 1.11 bits per heavy atom. The van der Waals surface area contributed by atoms with Crippen LogP contribution in [0.3, 0.4) is 0 Å². The van der Waals surface area contributed by atoms with Gasteiger partial charge in [0.15, 0.2) is 6.10 Å². The van der Waals surface area contributed by atoms with Crippen molar-refractivity contribution in [3.05, 3.63) is 69.0 Å². The van der Waals surface area contributed by atoms with Crippen LogP contribution in [0.2, 0.25) is 5.02 Å². The van der Waals surface area contributed by atoms with Gasteiger partial charge in [-0.05, 0) is 42.3 Å². The first kappa shape index (κ1) is 27.2. The molecule has 0 saturated heterocycles. The first-order chi connectivity index (χ1) is 16.7. The Morgan fingerprint density at radius 2 is 1.81 bits per heavy atom. The van der Waals surface area contributed by atoms with Crippen LogP contribution >= 0.6 is 11.6 Å². The number of carbonyl (C=O) groups is 2. The van der Waals surface area contributed by atoms with E-state index in [1.54, 1.807) is 12.2 Å². The largest absolute Gasteiger partial charge is 0.416 e. The summed E-state index contributed by atoms with van der Waals surface area (Å²) in [6.45, 7) is -0.664. The van der Waals surface area contributed by atoms with Gasteiger partial charge in [0.05, 0.1) is 22.8 Å². The molecule has 2 aromatic carbocycles. The molecule has 0 aromatic heterocycles. The van der Waals surface area contributed by atoms with E-state index < -0.39 is 65.3 Å². The number of hydrogen-bond acceptors (Lipinski definition) is 4. The van der Waals surface area contributed by atoms with Gasteiger partial charge in [0.2, 0.25) is 5.91 Å². The molecule has 2 amide bonds. The molecule has 36 heavy (non-hydrogen) atoms. The number of hydrogen-bond donors (Lipinski definition) is 2. The Hall–Kier alpha value is -3.35. The van der Waals surface area contributed by atoms with Crippen LogP contribution in [-0.2, 0) is 15.8 Å².